The Hall–Kier alpha value is -3.37. The molecule has 0 amide bonds. The molecule has 0 bridgehead atoms. The van der Waals surface area contributed by atoms with Crippen molar-refractivity contribution in [1.29, 1.82) is 0 Å². The molecule has 3 nitrogen and oxygen atoms in total. The summed E-state index contributed by atoms with van der Waals surface area (Å²) in [4.78, 5) is 8.68. The van der Waals surface area contributed by atoms with Gasteiger partial charge in [0, 0.05) is 42.0 Å². The molecule has 0 spiro atoms. The van der Waals surface area contributed by atoms with Crippen molar-refractivity contribution in [3.63, 3.8) is 0 Å². The van der Waals surface area contributed by atoms with E-state index in [0.29, 0.717) is 0 Å². The molecule has 193 valence electrons. The van der Waals surface area contributed by atoms with E-state index in [4.69, 9.17) is 8.53 Å². The Kier molecular flexibility index (Phi) is 7.22. The number of pyridine rings is 2. The molecule has 0 saturated heterocycles. The van der Waals surface area contributed by atoms with Crippen LogP contribution in [0.2, 0.25) is 19.6 Å². The van der Waals surface area contributed by atoms with E-state index in [1.807, 2.05) is 43.5 Å². The summed E-state index contributed by atoms with van der Waals surface area (Å²) in [6, 6.07) is 31.8. The van der Waals surface area contributed by atoms with Crippen LogP contribution in [0.1, 0.15) is 15.2 Å². The smallest absolute Gasteiger partial charge is 0.120 e. The van der Waals surface area contributed by atoms with Crippen molar-refractivity contribution in [1.82, 2.24) is 9.97 Å². The van der Waals surface area contributed by atoms with E-state index in [1.165, 1.54) is 16.8 Å². The molecular weight excluding hydrogens is 661 g/mol. The molecule has 6 aromatic rings. The summed E-state index contributed by atoms with van der Waals surface area (Å²) in [6.45, 7) is 7.00. The summed E-state index contributed by atoms with van der Waals surface area (Å²) in [7, 11) is -1.48. The Morgan fingerprint density at radius 1 is 0.737 bits per heavy atom. The number of hydrogen-bond donors (Lipinski definition) is 0. The van der Waals surface area contributed by atoms with Crippen molar-refractivity contribution in [3.05, 3.63) is 115 Å². The van der Waals surface area contributed by atoms with Gasteiger partial charge in [0.25, 0.3) is 0 Å². The van der Waals surface area contributed by atoms with Crippen LogP contribution < -0.4 is 5.19 Å². The Labute approximate surface area is 243 Å². The van der Waals surface area contributed by atoms with Crippen molar-refractivity contribution < 1.29 is 28.6 Å². The van der Waals surface area contributed by atoms with Gasteiger partial charge in [-0.1, -0.05) is 73.1 Å². The van der Waals surface area contributed by atoms with Gasteiger partial charge in [-0.25, -0.2) is 0 Å². The summed E-state index contributed by atoms with van der Waals surface area (Å²) in [5.74, 6) is 0. The van der Waals surface area contributed by atoms with Gasteiger partial charge in [-0.05, 0) is 41.5 Å². The zero-order valence-corrected chi connectivity index (χ0v) is 25.2. The summed E-state index contributed by atoms with van der Waals surface area (Å²) in [5, 5.41) is 3.69. The van der Waals surface area contributed by atoms with Crippen LogP contribution >= 0.6 is 0 Å². The molecule has 3 aromatic heterocycles. The molecule has 5 heteroatoms. The molecule has 3 aromatic carbocycles. The van der Waals surface area contributed by atoms with Crippen LogP contribution in [0.5, 0.6) is 0 Å². The first kappa shape index (κ1) is 23.7. The molecular formula is C33H30IrN2OSi-2. The third-order valence-corrected chi connectivity index (χ3v) is 8.19. The molecule has 0 aliphatic heterocycles. The van der Waals surface area contributed by atoms with Crippen LogP contribution in [0, 0.1) is 25.9 Å². The maximum Gasteiger partial charge on any atom is 0.120 e. The van der Waals surface area contributed by atoms with Crippen LogP contribution in [-0.4, -0.2) is 18.0 Å². The largest absolute Gasteiger partial charge is 0.501 e. The number of aryl methyl sites for hydroxylation is 2. The Balaban J connectivity index is 0.000000200. The number of benzene rings is 3. The quantitative estimate of drug-likeness (QED) is 0.139. The van der Waals surface area contributed by atoms with Crippen LogP contribution in [0.4, 0.5) is 0 Å². The van der Waals surface area contributed by atoms with Crippen LogP contribution in [-0.2, 0) is 20.1 Å². The van der Waals surface area contributed by atoms with E-state index in [9.17, 15) is 0 Å². The summed E-state index contributed by atoms with van der Waals surface area (Å²) >= 11 is 0. The van der Waals surface area contributed by atoms with Crippen molar-refractivity contribution >= 4 is 35.2 Å². The van der Waals surface area contributed by atoms with E-state index < -0.39 is 14.9 Å². The zero-order valence-electron chi connectivity index (χ0n) is 24.8. The Morgan fingerprint density at radius 3 is 2.13 bits per heavy atom. The number of aromatic nitrogens is 2. The number of hydrogen-bond acceptors (Lipinski definition) is 3. The van der Waals surface area contributed by atoms with Gasteiger partial charge in [0.1, 0.15) is 5.58 Å². The second-order valence-corrected chi connectivity index (χ2v) is 15.1. The maximum atomic E-state index is 7.23. The maximum absolute atomic E-state index is 7.23. The van der Waals surface area contributed by atoms with E-state index in [-0.39, 0.29) is 25.7 Å². The molecule has 38 heavy (non-hydrogen) atoms. The zero-order chi connectivity index (χ0) is 28.5. The van der Waals surface area contributed by atoms with Gasteiger partial charge in [0.15, 0.2) is 0 Å². The molecule has 1 radical (unpaired) electrons. The fraction of sp³-hybridized carbons (Fsp3) is 0.152. The summed E-state index contributed by atoms with van der Waals surface area (Å²) in [5.41, 5.74) is 6.75. The topological polar surface area (TPSA) is 38.9 Å². The van der Waals surface area contributed by atoms with E-state index >= 15 is 0 Å². The van der Waals surface area contributed by atoms with Gasteiger partial charge in [-0.2, -0.15) is 0 Å². The molecule has 0 N–H and O–H groups in total. The van der Waals surface area contributed by atoms with Crippen molar-refractivity contribution in [2.75, 3.05) is 0 Å². The van der Waals surface area contributed by atoms with Crippen molar-refractivity contribution in [2.24, 2.45) is 0 Å². The Bertz CT molecular complexity index is 1760. The van der Waals surface area contributed by atoms with Gasteiger partial charge >= 0.3 is 0 Å². The molecule has 0 atom stereocenters. The van der Waals surface area contributed by atoms with Gasteiger partial charge < -0.3 is 14.4 Å². The molecule has 0 unspecified atom stereocenters. The van der Waals surface area contributed by atoms with Crippen molar-refractivity contribution in [2.45, 2.75) is 33.4 Å². The third-order valence-electron chi connectivity index (χ3n) is 6.18. The fourth-order valence-corrected chi connectivity index (χ4v) is 5.73. The van der Waals surface area contributed by atoms with Gasteiger partial charge in [-0.15, -0.1) is 54.1 Å². The molecule has 0 aliphatic carbocycles. The van der Waals surface area contributed by atoms with Gasteiger partial charge in [0.2, 0.25) is 0 Å². The average Bonchev–Trinajstić information content (AvgIpc) is 3.32. The second-order valence-electron chi connectivity index (χ2n) is 10.1. The first-order valence-electron chi connectivity index (χ1n) is 13.8. The standard InChI is InChI=1S/C21H20NOSi.C12H10N.Ir/c1-14-11-12-18(22-13-14)17-9-5-7-15-16-8-6-10-19(24(2,3)4)21(16)23-20(15)17;1-10-7-8-12(13-9-10)11-5-3-2-4-6-11;/h5-8,10-13H,1-4H3;2-5,7-9H,1H3;/q2*-1;/i;1D3;. The average molecular weight is 694 g/mol. The van der Waals surface area contributed by atoms with Crippen LogP contribution in [0.3, 0.4) is 0 Å². The first-order chi connectivity index (χ1) is 19.0. The minimum absolute atomic E-state index is 0. The number of para-hydroxylation sites is 1. The van der Waals surface area contributed by atoms with Crippen LogP contribution in [0.25, 0.3) is 44.5 Å². The number of furan rings is 1. The monoisotopic (exact) mass is 694 g/mol. The van der Waals surface area contributed by atoms with E-state index in [1.54, 1.807) is 18.2 Å². The molecule has 0 aliphatic rings. The minimum atomic E-state index is -2.09. The summed E-state index contributed by atoms with van der Waals surface area (Å²) < 4.78 is 28.1. The normalized spacial score (nSPS) is 12.6. The van der Waals surface area contributed by atoms with Gasteiger partial charge in [-0.3, -0.25) is 0 Å². The third kappa shape index (κ3) is 5.86. The van der Waals surface area contributed by atoms with E-state index in [0.717, 1.165) is 44.6 Å². The Morgan fingerprint density at radius 2 is 1.47 bits per heavy atom. The molecule has 3 heterocycles. The number of fused-ring (bicyclic) bond motifs is 3. The summed E-state index contributed by atoms with van der Waals surface area (Å²) in [6.07, 6.45) is 3.28. The fourth-order valence-electron chi connectivity index (χ4n) is 4.27. The predicted octanol–water partition coefficient (Wildman–Crippen LogP) is 8.16. The van der Waals surface area contributed by atoms with Crippen molar-refractivity contribution in [3.8, 4) is 22.5 Å². The predicted molar refractivity (Wildman–Crippen MR) is 157 cm³/mol. The number of rotatable bonds is 3. The van der Waals surface area contributed by atoms with Gasteiger partial charge in [0.05, 0.1) is 13.7 Å². The van der Waals surface area contributed by atoms with E-state index in [2.05, 4.69) is 72.1 Å². The van der Waals surface area contributed by atoms with Crippen LogP contribution in [0.15, 0.2) is 95.7 Å². The second kappa shape index (κ2) is 11.6. The molecule has 0 saturated carbocycles. The SMILES string of the molecule is Cc1ccc(-c2[c-]ccc3c2oc2c([Si](C)(C)C)cccc23)nc1.[2H]C([2H])([2H])c1ccc(-c2[c-]cccc2)nc1.[Ir]. The number of nitrogens with zero attached hydrogens (tertiary/aromatic N) is 2. The molecule has 0 fully saturated rings. The minimum Gasteiger partial charge on any atom is -0.501 e. The first-order valence-corrected chi connectivity index (χ1v) is 15.8. The molecule has 6 rings (SSSR count).